The number of nitrogens with zero attached hydrogens (tertiary/aromatic N) is 1. The molecule has 2 aromatic carbocycles. The van der Waals surface area contributed by atoms with E-state index in [1.165, 1.54) is 50.8 Å². The average Bonchev–Trinajstić information content (AvgIpc) is 2.66. The third-order valence-electron chi connectivity index (χ3n) is 3.36. The van der Waals surface area contributed by atoms with Crippen LogP contribution in [0.15, 0.2) is 52.5 Å². The minimum absolute atomic E-state index is 0.0629. The molecule has 0 aliphatic rings. The molecule has 144 valence electrons. The summed E-state index contributed by atoms with van der Waals surface area (Å²) in [6.45, 7) is -0.506. The van der Waals surface area contributed by atoms with Gasteiger partial charge in [0.15, 0.2) is 11.5 Å². The van der Waals surface area contributed by atoms with E-state index in [9.17, 15) is 18.3 Å². The van der Waals surface area contributed by atoms with E-state index in [1.54, 1.807) is 12.1 Å². The lowest BCUT2D eigenvalue weighted by Crippen LogP contribution is -2.34. The number of hydrogen-bond acceptors (Lipinski definition) is 7. The highest BCUT2D eigenvalue weighted by molar-refractivity contribution is 7.89. The Morgan fingerprint density at radius 3 is 2.56 bits per heavy atom. The predicted molar refractivity (Wildman–Crippen MR) is 98.6 cm³/mol. The van der Waals surface area contributed by atoms with Gasteiger partial charge < -0.3 is 14.6 Å². The molecular weight excluding hydrogens is 374 g/mol. The lowest BCUT2D eigenvalue weighted by molar-refractivity contribution is -0.119. The van der Waals surface area contributed by atoms with Gasteiger partial charge in [-0.1, -0.05) is 12.1 Å². The third-order valence-corrected chi connectivity index (χ3v) is 4.76. The van der Waals surface area contributed by atoms with E-state index in [2.05, 4.69) is 15.2 Å². The Balaban J connectivity index is 1.95. The number of ether oxygens (including phenoxy) is 2. The Hall–Kier alpha value is -3.11. The highest BCUT2D eigenvalue weighted by Crippen LogP contribution is 2.29. The molecule has 0 aliphatic heterocycles. The summed E-state index contributed by atoms with van der Waals surface area (Å²) in [4.78, 5) is 11.7. The fraction of sp³-hybridized carbons (Fsp3) is 0.176. The number of carbonyl (C=O) groups excluding carboxylic acids is 1. The second kappa shape index (κ2) is 9.01. The Morgan fingerprint density at radius 1 is 1.15 bits per heavy atom. The number of carbonyl (C=O) groups is 1. The molecule has 0 spiro atoms. The first-order chi connectivity index (χ1) is 12.9. The number of hydrogen-bond donors (Lipinski definition) is 3. The molecule has 0 saturated carbocycles. The van der Waals surface area contributed by atoms with Gasteiger partial charge in [0.2, 0.25) is 10.0 Å². The molecule has 1 amide bonds. The molecule has 0 aromatic heterocycles. The van der Waals surface area contributed by atoms with E-state index in [0.29, 0.717) is 11.3 Å². The number of amides is 1. The van der Waals surface area contributed by atoms with E-state index >= 15 is 0 Å². The topological polar surface area (TPSA) is 126 Å². The Bertz CT molecular complexity index is 943. The third kappa shape index (κ3) is 5.69. The van der Waals surface area contributed by atoms with Crippen molar-refractivity contribution in [3.05, 3.63) is 48.0 Å². The van der Waals surface area contributed by atoms with Gasteiger partial charge in [-0.25, -0.2) is 18.6 Å². The van der Waals surface area contributed by atoms with Crippen molar-refractivity contribution in [3.8, 4) is 17.2 Å². The SMILES string of the molecule is COc1ccc(S(=O)(=O)NCC(=O)N/N=C\c2cccc(O)c2)cc1OC. The summed E-state index contributed by atoms with van der Waals surface area (Å²) in [7, 11) is -1.10. The first kappa shape index (κ1) is 20.2. The maximum absolute atomic E-state index is 12.3. The zero-order chi connectivity index (χ0) is 19.9. The minimum atomic E-state index is -3.93. The van der Waals surface area contributed by atoms with Crippen LogP contribution in [0.2, 0.25) is 0 Å². The van der Waals surface area contributed by atoms with Crippen LogP contribution in [-0.4, -0.2) is 46.4 Å². The maximum Gasteiger partial charge on any atom is 0.255 e. The van der Waals surface area contributed by atoms with Crippen LogP contribution in [0, 0.1) is 0 Å². The zero-order valence-corrected chi connectivity index (χ0v) is 15.5. The van der Waals surface area contributed by atoms with Crippen LogP contribution in [0.5, 0.6) is 17.2 Å². The van der Waals surface area contributed by atoms with Crippen molar-refractivity contribution in [2.24, 2.45) is 5.10 Å². The molecular formula is C17H19N3O6S. The number of nitrogens with one attached hydrogen (secondary N) is 2. The fourth-order valence-corrected chi connectivity index (χ4v) is 3.05. The van der Waals surface area contributed by atoms with Crippen molar-refractivity contribution in [3.63, 3.8) is 0 Å². The van der Waals surface area contributed by atoms with Gasteiger partial charge in [-0.3, -0.25) is 4.79 Å². The maximum atomic E-state index is 12.3. The monoisotopic (exact) mass is 393 g/mol. The summed E-state index contributed by atoms with van der Waals surface area (Å²) in [5.74, 6) is 0.0411. The van der Waals surface area contributed by atoms with Gasteiger partial charge in [-0.2, -0.15) is 5.10 Å². The summed E-state index contributed by atoms with van der Waals surface area (Å²) in [6, 6.07) is 10.3. The van der Waals surface area contributed by atoms with Gasteiger partial charge in [-0.15, -0.1) is 0 Å². The van der Waals surface area contributed by atoms with E-state index in [-0.39, 0.29) is 16.4 Å². The molecule has 10 heteroatoms. The number of aromatic hydroxyl groups is 1. The number of benzene rings is 2. The zero-order valence-electron chi connectivity index (χ0n) is 14.7. The Kier molecular flexibility index (Phi) is 6.74. The molecule has 0 atom stereocenters. The standard InChI is InChI=1S/C17H19N3O6S/c1-25-15-7-6-14(9-16(15)26-2)27(23,24)19-11-17(22)20-18-10-12-4-3-5-13(21)8-12/h3-10,19,21H,11H2,1-2H3,(H,20,22)/b18-10-. The molecule has 2 rings (SSSR count). The van der Waals surface area contributed by atoms with Gasteiger partial charge >= 0.3 is 0 Å². The van der Waals surface area contributed by atoms with Crippen molar-refractivity contribution in [2.45, 2.75) is 4.90 Å². The summed E-state index contributed by atoms with van der Waals surface area (Å²) < 4.78 is 36.9. The second-order valence-corrected chi connectivity index (χ2v) is 7.00. The van der Waals surface area contributed by atoms with Crippen LogP contribution < -0.4 is 19.6 Å². The minimum Gasteiger partial charge on any atom is -0.508 e. The van der Waals surface area contributed by atoms with Gasteiger partial charge in [0.05, 0.1) is 31.9 Å². The lowest BCUT2D eigenvalue weighted by Gasteiger charge is -2.10. The fourth-order valence-electron chi connectivity index (χ4n) is 2.05. The molecule has 0 unspecified atom stereocenters. The van der Waals surface area contributed by atoms with Crippen LogP contribution in [0.3, 0.4) is 0 Å². The molecule has 0 fully saturated rings. The Morgan fingerprint density at radius 2 is 1.89 bits per heavy atom. The summed E-state index contributed by atoms with van der Waals surface area (Å²) >= 11 is 0. The first-order valence-corrected chi connectivity index (χ1v) is 9.16. The normalized spacial score (nSPS) is 11.3. The predicted octanol–water partition coefficient (Wildman–Crippen LogP) is 0.838. The summed E-state index contributed by atoms with van der Waals surface area (Å²) in [5, 5.41) is 13.0. The van der Waals surface area contributed by atoms with Crippen LogP contribution >= 0.6 is 0 Å². The van der Waals surface area contributed by atoms with Gasteiger partial charge in [0.1, 0.15) is 5.75 Å². The van der Waals surface area contributed by atoms with Crippen molar-refractivity contribution in [1.29, 1.82) is 0 Å². The second-order valence-electron chi connectivity index (χ2n) is 5.23. The molecule has 9 nitrogen and oxygen atoms in total. The number of sulfonamides is 1. The van der Waals surface area contributed by atoms with Gasteiger partial charge in [0.25, 0.3) is 5.91 Å². The van der Waals surface area contributed by atoms with Crippen molar-refractivity contribution < 1.29 is 27.8 Å². The largest absolute Gasteiger partial charge is 0.508 e. The van der Waals surface area contributed by atoms with Crippen LogP contribution in [0.25, 0.3) is 0 Å². The van der Waals surface area contributed by atoms with Crippen LogP contribution in [0.1, 0.15) is 5.56 Å². The molecule has 3 N–H and O–H groups in total. The number of phenols is 1. The lowest BCUT2D eigenvalue weighted by atomic mass is 10.2. The molecule has 0 radical (unpaired) electrons. The number of rotatable bonds is 8. The van der Waals surface area contributed by atoms with E-state index in [1.807, 2.05) is 0 Å². The molecule has 0 bridgehead atoms. The molecule has 2 aromatic rings. The number of methoxy groups -OCH3 is 2. The summed E-state index contributed by atoms with van der Waals surface area (Å²) in [6.07, 6.45) is 1.32. The van der Waals surface area contributed by atoms with Gasteiger partial charge in [-0.05, 0) is 29.8 Å². The Labute approximate surface area is 156 Å². The number of phenolic OH excluding ortho intramolecular Hbond substituents is 1. The van der Waals surface area contributed by atoms with Crippen molar-refractivity contribution in [1.82, 2.24) is 10.1 Å². The highest BCUT2D eigenvalue weighted by Gasteiger charge is 2.18. The smallest absolute Gasteiger partial charge is 0.255 e. The van der Waals surface area contributed by atoms with E-state index in [4.69, 9.17) is 9.47 Å². The average molecular weight is 393 g/mol. The van der Waals surface area contributed by atoms with Crippen molar-refractivity contribution in [2.75, 3.05) is 20.8 Å². The van der Waals surface area contributed by atoms with Crippen LogP contribution in [-0.2, 0) is 14.8 Å². The highest BCUT2D eigenvalue weighted by atomic mass is 32.2. The summed E-state index contributed by atoms with van der Waals surface area (Å²) in [5.41, 5.74) is 2.76. The van der Waals surface area contributed by atoms with E-state index < -0.39 is 22.5 Å². The molecule has 27 heavy (non-hydrogen) atoms. The first-order valence-electron chi connectivity index (χ1n) is 7.68. The quantitative estimate of drug-likeness (QED) is 0.451. The van der Waals surface area contributed by atoms with E-state index in [0.717, 1.165) is 0 Å². The van der Waals surface area contributed by atoms with Gasteiger partial charge in [0, 0.05) is 6.07 Å². The number of hydrazone groups is 1. The van der Waals surface area contributed by atoms with Crippen molar-refractivity contribution >= 4 is 22.1 Å². The molecule has 0 aliphatic carbocycles. The van der Waals surface area contributed by atoms with Crippen LogP contribution in [0.4, 0.5) is 0 Å². The molecule has 0 heterocycles. The molecule has 0 saturated heterocycles.